The average molecular weight is 696 g/mol. The van der Waals surface area contributed by atoms with Crippen LogP contribution in [0.2, 0.25) is 0 Å². The summed E-state index contributed by atoms with van der Waals surface area (Å²) in [5.74, 6) is 0. The molecule has 0 saturated carbocycles. The average Bonchev–Trinajstić information content (AvgIpc) is 3.57. The fraction of sp³-hybridized carbons (Fsp3) is 0.132. The Morgan fingerprint density at radius 3 is 2.00 bits per heavy atom. The molecule has 1 heteroatoms. The molecule has 0 N–H and O–H groups in total. The second-order valence-corrected chi connectivity index (χ2v) is 15.7. The van der Waals surface area contributed by atoms with Crippen LogP contribution in [0, 0.1) is 0 Å². The van der Waals surface area contributed by atoms with Gasteiger partial charge in [-0.15, -0.1) is 0 Å². The summed E-state index contributed by atoms with van der Waals surface area (Å²) in [6.45, 7) is 15.7. The number of nitrogens with zero attached hydrogens (tertiary/aromatic N) is 1. The lowest BCUT2D eigenvalue weighted by Crippen LogP contribution is -2.17. The van der Waals surface area contributed by atoms with Gasteiger partial charge < -0.3 is 4.90 Å². The van der Waals surface area contributed by atoms with E-state index in [0.29, 0.717) is 0 Å². The molecule has 0 radical (unpaired) electrons. The molecule has 1 nitrogen and oxygen atoms in total. The summed E-state index contributed by atoms with van der Waals surface area (Å²) in [6.07, 6.45) is 6.46. The first-order chi connectivity index (χ1) is 26.2. The van der Waals surface area contributed by atoms with Crippen LogP contribution in [0.1, 0.15) is 56.9 Å². The monoisotopic (exact) mass is 695 g/mol. The molecule has 0 aliphatic heterocycles. The highest BCUT2D eigenvalue weighted by Gasteiger charge is 2.38. The predicted molar refractivity (Wildman–Crippen MR) is 232 cm³/mol. The first kappa shape index (κ1) is 33.6. The highest BCUT2D eigenvalue weighted by molar-refractivity contribution is 6.06. The van der Waals surface area contributed by atoms with Crippen molar-refractivity contribution >= 4 is 33.4 Å². The molecular formula is C53H45N. The van der Waals surface area contributed by atoms with Crippen molar-refractivity contribution in [1.29, 1.82) is 0 Å². The second-order valence-electron chi connectivity index (χ2n) is 15.7. The van der Waals surface area contributed by atoms with Crippen molar-refractivity contribution in [2.45, 2.75) is 45.4 Å². The minimum absolute atomic E-state index is 0.128. The minimum Gasteiger partial charge on any atom is -0.310 e. The van der Waals surface area contributed by atoms with Crippen molar-refractivity contribution < 1.29 is 0 Å². The lowest BCUT2D eigenvalue weighted by atomic mass is 9.80. The van der Waals surface area contributed by atoms with Crippen molar-refractivity contribution in [2.24, 2.45) is 0 Å². The lowest BCUT2D eigenvalue weighted by molar-refractivity contribution is 0.655. The summed E-state index contributed by atoms with van der Waals surface area (Å²) < 4.78 is 0. The molecule has 7 aromatic rings. The highest BCUT2D eigenvalue weighted by atomic mass is 15.1. The Kier molecular flexibility index (Phi) is 7.94. The summed E-state index contributed by atoms with van der Waals surface area (Å²) in [4.78, 5) is 2.49. The van der Waals surface area contributed by atoms with Crippen molar-refractivity contribution in [1.82, 2.24) is 0 Å². The van der Waals surface area contributed by atoms with E-state index in [4.69, 9.17) is 0 Å². The smallest absolute Gasteiger partial charge is 0.0546 e. The number of hydrogen-bond acceptors (Lipinski definition) is 1. The van der Waals surface area contributed by atoms with Crippen LogP contribution in [0.4, 0.5) is 17.1 Å². The minimum atomic E-state index is -0.143. The van der Waals surface area contributed by atoms with Crippen LogP contribution in [0.5, 0.6) is 0 Å². The maximum atomic E-state index is 4.27. The third-order valence-corrected chi connectivity index (χ3v) is 12.0. The van der Waals surface area contributed by atoms with Crippen LogP contribution in [-0.4, -0.2) is 0 Å². The first-order valence-corrected chi connectivity index (χ1v) is 19.1. The van der Waals surface area contributed by atoms with E-state index in [9.17, 15) is 0 Å². The van der Waals surface area contributed by atoms with Crippen LogP contribution in [0.3, 0.4) is 0 Å². The van der Waals surface area contributed by atoms with Gasteiger partial charge >= 0.3 is 0 Å². The summed E-state index contributed by atoms with van der Waals surface area (Å²) in [6, 6.07) is 56.2. The van der Waals surface area contributed by atoms with Crippen LogP contribution >= 0.6 is 0 Å². The topological polar surface area (TPSA) is 3.24 Å². The van der Waals surface area contributed by atoms with E-state index < -0.39 is 0 Å². The summed E-state index contributed by atoms with van der Waals surface area (Å²) in [5, 5.41) is 2.46. The summed E-state index contributed by atoms with van der Waals surface area (Å²) >= 11 is 0. The third-order valence-electron chi connectivity index (χ3n) is 12.0. The van der Waals surface area contributed by atoms with Crippen molar-refractivity contribution in [3.05, 3.63) is 204 Å². The quantitative estimate of drug-likeness (QED) is 0.160. The van der Waals surface area contributed by atoms with Crippen LogP contribution < -0.4 is 4.90 Å². The lowest BCUT2D eigenvalue weighted by Gasteiger charge is -2.31. The van der Waals surface area contributed by atoms with E-state index in [0.717, 1.165) is 17.1 Å². The van der Waals surface area contributed by atoms with Gasteiger partial charge in [0.25, 0.3) is 0 Å². The van der Waals surface area contributed by atoms with E-state index in [2.05, 4.69) is 216 Å². The molecule has 0 aromatic heterocycles. The molecule has 2 aliphatic carbocycles. The zero-order chi connectivity index (χ0) is 37.2. The van der Waals surface area contributed by atoms with Crippen molar-refractivity contribution in [2.75, 3.05) is 4.90 Å². The van der Waals surface area contributed by atoms with Gasteiger partial charge in [-0.3, -0.25) is 0 Å². The molecule has 0 atom stereocenters. The number of benzene rings is 7. The van der Waals surface area contributed by atoms with Gasteiger partial charge in [0.05, 0.1) is 5.69 Å². The van der Waals surface area contributed by atoms with Crippen LogP contribution in [-0.2, 0) is 10.8 Å². The van der Waals surface area contributed by atoms with E-state index in [1.54, 1.807) is 0 Å². The van der Waals surface area contributed by atoms with E-state index >= 15 is 0 Å². The highest BCUT2D eigenvalue weighted by Crippen LogP contribution is 2.53. The fourth-order valence-electron chi connectivity index (χ4n) is 9.35. The molecule has 0 spiro atoms. The largest absolute Gasteiger partial charge is 0.310 e. The number of fused-ring (bicyclic) bond motifs is 5. The molecule has 0 fully saturated rings. The Bertz CT molecular complexity index is 2680. The van der Waals surface area contributed by atoms with Gasteiger partial charge in [0.1, 0.15) is 0 Å². The Morgan fingerprint density at radius 1 is 0.519 bits per heavy atom. The fourth-order valence-corrected chi connectivity index (χ4v) is 9.35. The van der Waals surface area contributed by atoms with Crippen LogP contribution in [0.25, 0.3) is 49.7 Å². The molecule has 0 bridgehead atoms. The van der Waals surface area contributed by atoms with E-state index in [-0.39, 0.29) is 10.8 Å². The maximum Gasteiger partial charge on any atom is 0.0546 e. The number of hydrogen-bond donors (Lipinski definition) is 0. The third kappa shape index (κ3) is 5.06. The summed E-state index contributed by atoms with van der Waals surface area (Å²) in [7, 11) is 0. The molecule has 2 aliphatic rings. The molecule has 7 aromatic carbocycles. The number of rotatable bonds is 7. The SMILES string of the molecule is C=CC1=C(/C=C\C)c2c(-c3cccc(N(c4ccc5c(c4)C(C)(C)c4ccccc4-5)c4ccc5ccccc5c4-c4ccccc4)c3)cccc2C1(C)C. The van der Waals surface area contributed by atoms with Crippen LogP contribution in [0.15, 0.2) is 182 Å². The second kappa shape index (κ2) is 12.7. The molecule has 0 amide bonds. The van der Waals surface area contributed by atoms with Gasteiger partial charge in [-0.2, -0.15) is 0 Å². The Balaban J connectivity index is 1.31. The standard InChI is InChI=1S/C53H45N/c1-7-18-44-45(8-2)52(3,4)47-28-17-26-41(51(44)47)37-22-16-23-38(33-37)54(39-30-31-43-42-25-14-15-27-46(42)53(5,6)48(43)34-39)49-32-29-35-19-12-13-24-40(35)50(49)36-20-10-9-11-21-36/h7-34H,2H2,1,3-6H3/b18-7-. The van der Waals surface area contributed by atoms with Gasteiger partial charge in [0.15, 0.2) is 0 Å². The molecular weight excluding hydrogens is 651 g/mol. The Hall–Kier alpha value is -6.18. The zero-order valence-corrected chi connectivity index (χ0v) is 31.8. The molecule has 0 saturated heterocycles. The van der Waals surface area contributed by atoms with Gasteiger partial charge in [-0.1, -0.05) is 174 Å². The number of anilines is 3. The van der Waals surface area contributed by atoms with Crippen molar-refractivity contribution in [3.63, 3.8) is 0 Å². The van der Waals surface area contributed by atoms with Crippen molar-refractivity contribution in [3.8, 4) is 33.4 Å². The molecule has 54 heavy (non-hydrogen) atoms. The zero-order valence-electron chi connectivity index (χ0n) is 31.8. The van der Waals surface area contributed by atoms with Gasteiger partial charge in [-0.05, 0) is 109 Å². The molecule has 9 rings (SSSR count). The molecule has 262 valence electrons. The predicted octanol–water partition coefficient (Wildman–Crippen LogP) is 14.8. The van der Waals surface area contributed by atoms with Gasteiger partial charge in [0.2, 0.25) is 0 Å². The number of allylic oxidation sites excluding steroid dienone is 5. The normalized spacial score (nSPS) is 15.0. The first-order valence-electron chi connectivity index (χ1n) is 19.1. The van der Waals surface area contributed by atoms with E-state index in [1.807, 2.05) is 0 Å². The van der Waals surface area contributed by atoms with Gasteiger partial charge in [-0.25, -0.2) is 0 Å². The Morgan fingerprint density at radius 2 is 1.19 bits per heavy atom. The molecule has 0 heterocycles. The van der Waals surface area contributed by atoms with Gasteiger partial charge in [0, 0.05) is 27.8 Å². The van der Waals surface area contributed by atoms with E-state index in [1.165, 1.54) is 77.6 Å². The molecule has 0 unspecified atom stereocenters. The maximum absolute atomic E-state index is 4.27. The summed E-state index contributed by atoms with van der Waals surface area (Å²) in [5.41, 5.74) is 18.5. The Labute approximate surface area is 320 Å².